The normalized spacial score (nSPS) is 15.9. The molecule has 1 amide bonds. The molecule has 1 aliphatic rings. The topological polar surface area (TPSA) is 66.8 Å². The van der Waals surface area contributed by atoms with Crippen LogP contribution in [0.1, 0.15) is 30.7 Å². The third-order valence-electron chi connectivity index (χ3n) is 3.72. The summed E-state index contributed by atoms with van der Waals surface area (Å²) < 4.78 is 5.22. The van der Waals surface area contributed by atoms with Gasteiger partial charge in [0.15, 0.2) is 0 Å². The van der Waals surface area contributed by atoms with E-state index in [-0.39, 0.29) is 5.91 Å². The molecule has 1 aromatic carbocycles. The van der Waals surface area contributed by atoms with E-state index >= 15 is 0 Å². The molecule has 108 valence electrons. The lowest BCUT2D eigenvalue weighted by Gasteiger charge is -2.32. The molecule has 0 spiro atoms. The van der Waals surface area contributed by atoms with Crippen molar-refractivity contribution in [3.05, 3.63) is 29.8 Å². The number of benzene rings is 1. The van der Waals surface area contributed by atoms with E-state index in [1.54, 1.807) is 12.0 Å². The summed E-state index contributed by atoms with van der Waals surface area (Å²) in [5.74, 6) is -0.114. The SMILES string of the molecule is COc1cccc(C2CCN(C(=O)CC(=O)O)CC2)c1. The number of carbonyl (C=O) groups is 2. The highest BCUT2D eigenvalue weighted by atomic mass is 16.5. The zero-order valence-corrected chi connectivity index (χ0v) is 11.5. The fourth-order valence-electron chi connectivity index (χ4n) is 2.60. The molecular formula is C15H19NO4. The summed E-state index contributed by atoms with van der Waals surface area (Å²) in [7, 11) is 1.65. The maximum absolute atomic E-state index is 11.7. The Hall–Kier alpha value is -2.04. The maximum atomic E-state index is 11.7. The number of carbonyl (C=O) groups excluding carboxylic acids is 1. The molecule has 1 N–H and O–H groups in total. The smallest absolute Gasteiger partial charge is 0.312 e. The first-order valence-electron chi connectivity index (χ1n) is 6.73. The van der Waals surface area contributed by atoms with Crippen molar-refractivity contribution in [2.24, 2.45) is 0 Å². The first-order chi connectivity index (χ1) is 9.60. The number of ether oxygens (including phenoxy) is 1. The van der Waals surface area contributed by atoms with Crippen LogP contribution in [0.5, 0.6) is 5.75 Å². The van der Waals surface area contributed by atoms with E-state index in [0.717, 1.165) is 18.6 Å². The van der Waals surface area contributed by atoms with Crippen molar-refractivity contribution in [3.8, 4) is 5.75 Å². The van der Waals surface area contributed by atoms with Gasteiger partial charge >= 0.3 is 5.97 Å². The zero-order chi connectivity index (χ0) is 14.5. The third-order valence-corrected chi connectivity index (χ3v) is 3.72. The molecule has 0 aliphatic carbocycles. The predicted molar refractivity (Wildman–Crippen MR) is 73.8 cm³/mol. The van der Waals surface area contributed by atoms with Gasteiger partial charge in [-0.05, 0) is 36.5 Å². The Morgan fingerprint density at radius 3 is 2.65 bits per heavy atom. The van der Waals surface area contributed by atoms with E-state index in [4.69, 9.17) is 9.84 Å². The number of carboxylic acid groups (broad SMARTS) is 1. The fourth-order valence-corrected chi connectivity index (χ4v) is 2.60. The van der Waals surface area contributed by atoms with Gasteiger partial charge < -0.3 is 14.7 Å². The summed E-state index contributed by atoms with van der Waals surface area (Å²) in [5.41, 5.74) is 1.22. The second-order valence-corrected chi connectivity index (χ2v) is 5.00. The number of carboxylic acids is 1. The van der Waals surface area contributed by atoms with Gasteiger partial charge in [0, 0.05) is 13.1 Å². The maximum Gasteiger partial charge on any atom is 0.312 e. The summed E-state index contributed by atoms with van der Waals surface area (Å²) >= 11 is 0. The van der Waals surface area contributed by atoms with Crippen molar-refractivity contribution in [2.75, 3.05) is 20.2 Å². The van der Waals surface area contributed by atoms with Crippen molar-refractivity contribution in [1.82, 2.24) is 4.90 Å². The molecule has 1 saturated heterocycles. The Kier molecular flexibility index (Phi) is 4.61. The van der Waals surface area contributed by atoms with Crippen LogP contribution in [-0.4, -0.2) is 42.1 Å². The van der Waals surface area contributed by atoms with Gasteiger partial charge in [-0.15, -0.1) is 0 Å². The summed E-state index contributed by atoms with van der Waals surface area (Å²) in [6.45, 7) is 1.24. The lowest BCUT2D eigenvalue weighted by molar-refractivity contribution is -0.144. The number of amides is 1. The van der Waals surface area contributed by atoms with Crippen LogP contribution in [-0.2, 0) is 9.59 Å². The Morgan fingerprint density at radius 1 is 1.35 bits per heavy atom. The first kappa shape index (κ1) is 14.4. The number of methoxy groups -OCH3 is 1. The van der Waals surface area contributed by atoms with Crippen molar-refractivity contribution in [2.45, 2.75) is 25.2 Å². The standard InChI is InChI=1S/C15H19NO4/c1-20-13-4-2-3-12(9-13)11-5-7-16(8-6-11)14(17)10-15(18)19/h2-4,9,11H,5-8,10H2,1H3,(H,18,19). The largest absolute Gasteiger partial charge is 0.497 e. The van der Waals surface area contributed by atoms with Crippen molar-refractivity contribution < 1.29 is 19.4 Å². The lowest BCUT2D eigenvalue weighted by atomic mass is 9.89. The van der Waals surface area contributed by atoms with Crippen LogP contribution in [0, 0.1) is 0 Å². The highest BCUT2D eigenvalue weighted by Gasteiger charge is 2.24. The van der Waals surface area contributed by atoms with Crippen LogP contribution < -0.4 is 4.74 Å². The van der Waals surface area contributed by atoms with Crippen molar-refractivity contribution in [3.63, 3.8) is 0 Å². The van der Waals surface area contributed by atoms with Crippen molar-refractivity contribution in [1.29, 1.82) is 0 Å². The number of hydrogen-bond donors (Lipinski definition) is 1. The molecule has 1 fully saturated rings. The van der Waals surface area contributed by atoms with Crippen LogP contribution in [0.15, 0.2) is 24.3 Å². The van der Waals surface area contributed by atoms with E-state index in [9.17, 15) is 9.59 Å². The highest BCUT2D eigenvalue weighted by molar-refractivity contribution is 5.93. The van der Waals surface area contributed by atoms with Gasteiger partial charge in [0.25, 0.3) is 0 Å². The van der Waals surface area contributed by atoms with Gasteiger partial charge in [-0.3, -0.25) is 9.59 Å². The van der Waals surface area contributed by atoms with Gasteiger partial charge in [-0.25, -0.2) is 0 Å². The molecule has 0 saturated carbocycles. The minimum atomic E-state index is -1.06. The van der Waals surface area contributed by atoms with E-state index in [2.05, 4.69) is 6.07 Å². The van der Waals surface area contributed by atoms with E-state index in [0.29, 0.717) is 19.0 Å². The highest BCUT2D eigenvalue weighted by Crippen LogP contribution is 2.30. The minimum Gasteiger partial charge on any atom is -0.497 e. The molecule has 0 aromatic heterocycles. The molecule has 0 bridgehead atoms. The number of hydrogen-bond acceptors (Lipinski definition) is 3. The minimum absolute atomic E-state index is 0.290. The number of rotatable bonds is 4. The average Bonchev–Trinajstić information content (AvgIpc) is 2.47. The predicted octanol–water partition coefficient (Wildman–Crippen LogP) is 1.88. The van der Waals surface area contributed by atoms with Crippen LogP contribution in [0.25, 0.3) is 0 Å². The molecule has 5 nitrogen and oxygen atoms in total. The summed E-state index contributed by atoms with van der Waals surface area (Å²) in [6, 6.07) is 7.98. The Labute approximate surface area is 118 Å². The van der Waals surface area contributed by atoms with Gasteiger partial charge in [-0.1, -0.05) is 12.1 Å². The molecule has 0 atom stereocenters. The summed E-state index contributed by atoms with van der Waals surface area (Å²) in [4.78, 5) is 23.9. The lowest BCUT2D eigenvalue weighted by Crippen LogP contribution is -2.38. The Bertz CT molecular complexity index is 492. The van der Waals surface area contributed by atoms with Gasteiger partial charge in [0.2, 0.25) is 5.91 Å². The first-order valence-corrected chi connectivity index (χ1v) is 6.73. The van der Waals surface area contributed by atoms with Crippen molar-refractivity contribution >= 4 is 11.9 Å². The van der Waals surface area contributed by atoms with E-state index in [1.807, 2.05) is 18.2 Å². The molecule has 1 heterocycles. The van der Waals surface area contributed by atoms with Crippen LogP contribution in [0.2, 0.25) is 0 Å². The number of aliphatic carboxylic acids is 1. The van der Waals surface area contributed by atoms with Gasteiger partial charge in [0.1, 0.15) is 12.2 Å². The quantitative estimate of drug-likeness (QED) is 0.853. The van der Waals surface area contributed by atoms with Crippen LogP contribution in [0.3, 0.4) is 0 Å². The molecule has 5 heteroatoms. The molecular weight excluding hydrogens is 258 g/mol. The third kappa shape index (κ3) is 3.50. The van der Waals surface area contributed by atoms with E-state index < -0.39 is 12.4 Å². The Morgan fingerprint density at radius 2 is 2.05 bits per heavy atom. The molecule has 0 radical (unpaired) electrons. The Balaban J connectivity index is 1.93. The monoisotopic (exact) mass is 277 g/mol. The number of nitrogens with zero attached hydrogens (tertiary/aromatic N) is 1. The molecule has 20 heavy (non-hydrogen) atoms. The van der Waals surface area contributed by atoms with Gasteiger partial charge in [-0.2, -0.15) is 0 Å². The summed E-state index contributed by atoms with van der Waals surface area (Å²) in [5, 5.41) is 8.64. The summed E-state index contributed by atoms with van der Waals surface area (Å²) in [6.07, 6.45) is 1.31. The van der Waals surface area contributed by atoms with Crippen LogP contribution in [0.4, 0.5) is 0 Å². The zero-order valence-electron chi connectivity index (χ0n) is 11.5. The molecule has 1 aromatic rings. The average molecular weight is 277 g/mol. The second kappa shape index (κ2) is 6.41. The fraction of sp³-hybridized carbons (Fsp3) is 0.467. The molecule has 1 aliphatic heterocycles. The van der Waals surface area contributed by atoms with Crippen LogP contribution >= 0.6 is 0 Å². The second-order valence-electron chi connectivity index (χ2n) is 5.00. The van der Waals surface area contributed by atoms with E-state index in [1.165, 1.54) is 5.56 Å². The van der Waals surface area contributed by atoms with Gasteiger partial charge in [0.05, 0.1) is 7.11 Å². The molecule has 2 rings (SSSR count). The number of likely N-dealkylation sites (tertiary alicyclic amines) is 1. The molecule has 0 unspecified atom stereocenters. The number of piperidine rings is 1.